The van der Waals surface area contributed by atoms with Gasteiger partial charge in [-0.05, 0) is 36.4 Å². The molecular formula is C24H17N3O4. The monoisotopic (exact) mass is 411 g/mol. The summed E-state index contributed by atoms with van der Waals surface area (Å²) < 4.78 is 12.7. The van der Waals surface area contributed by atoms with E-state index in [9.17, 15) is 9.59 Å². The Morgan fingerprint density at radius 2 is 1.71 bits per heavy atom. The second-order valence-electron chi connectivity index (χ2n) is 6.91. The Kier molecular flexibility index (Phi) is 4.68. The van der Waals surface area contributed by atoms with Crippen molar-refractivity contribution in [3.63, 3.8) is 0 Å². The molecule has 1 amide bonds. The van der Waals surface area contributed by atoms with Crippen LogP contribution in [0.5, 0.6) is 11.5 Å². The van der Waals surface area contributed by atoms with Crippen molar-refractivity contribution in [1.82, 2.24) is 9.55 Å². The van der Waals surface area contributed by atoms with Gasteiger partial charge in [0.2, 0.25) is 11.5 Å². The van der Waals surface area contributed by atoms with Gasteiger partial charge in [-0.15, -0.1) is 0 Å². The van der Waals surface area contributed by atoms with E-state index in [2.05, 4.69) is 10.3 Å². The van der Waals surface area contributed by atoms with Gasteiger partial charge in [0, 0.05) is 5.39 Å². The molecule has 0 bridgehead atoms. The Bertz CT molecular complexity index is 1450. The number of hydrogen-bond donors (Lipinski definition) is 1. The van der Waals surface area contributed by atoms with Gasteiger partial charge in [0.1, 0.15) is 23.4 Å². The van der Waals surface area contributed by atoms with Crippen LogP contribution in [0.25, 0.3) is 22.1 Å². The minimum absolute atomic E-state index is 0.129. The molecule has 0 spiro atoms. The number of para-hydroxylation sites is 4. The van der Waals surface area contributed by atoms with Crippen LogP contribution in [0, 0.1) is 0 Å². The number of hydrogen-bond acceptors (Lipinski definition) is 5. The molecule has 1 N–H and O–H groups in total. The van der Waals surface area contributed by atoms with Gasteiger partial charge in [0.25, 0.3) is 5.56 Å². The third-order valence-corrected chi connectivity index (χ3v) is 4.80. The summed E-state index contributed by atoms with van der Waals surface area (Å²) in [6.45, 7) is -0.210. The molecule has 0 atom stereocenters. The highest BCUT2D eigenvalue weighted by atomic mass is 16.5. The number of ether oxygens (including phenoxy) is 1. The predicted octanol–water partition coefficient (Wildman–Crippen LogP) is 4.57. The zero-order valence-corrected chi connectivity index (χ0v) is 16.3. The summed E-state index contributed by atoms with van der Waals surface area (Å²) in [7, 11) is 0. The molecule has 5 rings (SSSR count). The zero-order chi connectivity index (χ0) is 21.2. The van der Waals surface area contributed by atoms with E-state index >= 15 is 0 Å². The van der Waals surface area contributed by atoms with Crippen molar-refractivity contribution in [3.8, 4) is 11.5 Å². The molecule has 152 valence electrons. The molecule has 5 aromatic rings. The van der Waals surface area contributed by atoms with Gasteiger partial charge in [-0.2, -0.15) is 0 Å². The summed E-state index contributed by atoms with van der Waals surface area (Å²) in [6, 6.07) is 23.7. The number of furan rings is 1. The molecule has 0 aliphatic rings. The molecule has 0 aliphatic heterocycles. The Morgan fingerprint density at radius 1 is 0.968 bits per heavy atom. The lowest BCUT2D eigenvalue weighted by atomic mass is 10.2. The number of nitrogens with zero attached hydrogens (tertiary/aromatic N) is 2. The van der Waals surface area contributed by atoms with Crippen molar-refractivity contribution in [2.24, 2.45) is 0 Å². The second kappa shape index (κ2) is 7.79. The maximum Gasteiger partial charge on any atom is 0.297 e. The summed E-state index contributed by atoms with van der Waals surface area (Å²) in [5.41, 5.74) is 1.28. The number of carbonyl (C=O) groups excluding carboxylic acids is 1. The lowest BCUT2D eigenvalue weighted by Crippen LogP contribution is -2.27. The number of benzene rings is 3. The van der Waals surface area contributed by atoms with E-state index in [1.807, 2.05) is 54.6 Å². The molecule has 0 saturated heterocycles. The summed E-state index contributed by atoms with van der Waals surface area (Å²) in [4.78, 5) is 29.8. The average molecular weight is 411 g/mol. The highest BCUT2D eigenvalue weighted by Crippen LogP contribution is 2.29. The number of fused-ring (bicyclic) bond motifs is 3. The molecule has 7 nitrogen and oxygen atoms in total. The Balaban J connectivity index is 1.39. The Hall–Kier alpha value is -4.39. The van der Waals surface area contributed by atoms with Crippen LogP contribution < -0.4 is 15.6 Å². The molecule has 0 radical (unpaired) electrons. The van der Waals surface area contributed by atoms with E-state index in [4.69, 9.17) is 9.15 Å². The number of aromatic nitrogens is 2. The van der Waals surface area contributed by atoms with Gasteiger partial charge in [-0.3, -0.25) is 14.2 Å². The summed E-state index contributed by atoms with van der Waals surface area (Å²) in [5.74, 6) is 0.767. The number of carbonyl (C=O) groups is 1. The van der Waals surface area contributed by atoms with E-state index in [1.54, 1.807) is 24.3 Å². The van der Waals surface area contributed by atoms with Gasteiger partial charge >= 0.3 is 0 Å². The second-order valence-corrected chi connectivity index (χ2v) is 6.91. The van der Waals surface area contributed by atoms with Crippen molar-refractivity contribution in [2.45, 2.75) is 6.54 Å². The molecule has 0 saturated carbocycles. The first-order chi connectivity index (χ1) is 15.2. The SMILES string of the molecule is O=C(Cn1cnc2c(oc3ccccc32)c1=O)Nc1ccccc1Oc1ccccc1. The molecule has 0 unspecified atom stereocenters. The Morgan fingerprint density at radius 3 is 2.58 bits per heavy atom. The normalized spacial score (nSPS) is 11.0. The fourth-order valence-corrected chi connectivity index (χ4v) is 3.35. The fraction of sp³-hybridized carbons (Fsp3) is 0.0417. The molecule has 2 aromatic heterocycles. The number of anilines is 1. The van der Waals surface area contributed by atoms with Crippen LogP contribution in [-0.4, -0.2) is 15.5 Å². The van der Waals surface area contributed by atoms with Crippen molar-refractivity contribution < 1.29 is 13.9 Å². The molecule has 3 aromatic carbocycles. The molecular weight excluding hydrogens is 394 g/mol. The number of rotatable bonds is 5. The first-order valence-electron chi connectivity index (χ1n) is 9.67. The first-order valence-corrected chi connectivity index (χ1v) is 9.67. The van der Waals surface area contributed by atoms with Crippen LogP contribution in [0.15, 0.2) is 94.4 Å². The summed E-state index contributed by atoms with van der Waals surface area (Å²) >= 11 is 0. The smallest absolute Gasteiger partial charge is 0.297 e. The van der Waals surface area contributed by atoms with E-state index in [1.165, 1.54) is 10.9 Å². The van der Waals surface area contributed by atoms with Crippen molar-refractivity contribution >= 4 is 33.7 Å². The van der Waals surface area contributed by atoms with Gasteiger partial charge < -0.3 is 14.5 Å². The molecule has 0 fully saturated rings. The van der Waals surface area contributed by atoms with E-state index in [-0.39, 0.29) is 18.0 Å². The Labute approximate surface area is 176 Å². The highest BCUT2D eigenvalue weighted by molar-refractivity contribution is 6.01. The van der Waals surface area contributed by atoms with Crippen molar-refractivity contribution in [3.05, 3.63) is 95.5 Å². The highest BCUT2D eigenvalue weighted by Gasteiger charge is 2.15. The quantitative estimate of drug-likeness (QED) is 0.458. The topological polar surface area (TPSA) is 86.4 Å². The van der Waals surface area contributed by atoms with E-state index in [0.29, 0.717) is 28.3 Å². The molecule has 7 heteroatoms. The lowest BCUT2D eigenvalue weighted by Gasteiger charge is -2.12. The molecule has 0 aliphatic carbocycles. The average Bonchev–Trinajstić information content (AvgIpc) is 3.17. The lowest BCUT2D eigenvalue weighted by molar-refractivity contribution is -0.116. The maximum absolute atomic E-state index is 12.8. The number of nitrogens with one attached hydrogen (secondary N) is 1. The van der Waals surface area contributed by atoms with Gasteiger partial charge in [0.15, 0.2) is 5.75 Å². The van der Waals surface area contributed by atoms with Gasteiger partial charge in [-0.25, -0.2) is 4.98 Å². The van der Waals surface area contributed by atoms with Gasteiger partial charge in [-0.1, -0.05) is 42.5 Å². The minimum atomic E-state index is -0.412. The largest absolute Gasteiger partial charge is 0.455 e. The van der Waals surface area contributed by atoms with Crippen LogP contribution >= 0.6 is 0 Å². The van der Waals surface area contributed by atoms with Gasteiger partial charge in [0.05, 0.1) is 12.0 Å². The third kappa shape index (κ3) is 3.64. The summed E-state index contributed by atoms with van der Waals surface area (Å²) in [5, 5.41) is 3.56. The first kappa shape index (κ1) is 18.6. The third-order valence-electron chi connectivity index (χ3n) is 4.80. The van der Waals surface area contributed by atoms with E-state index < -0.39 is 5.56 Å². The standard InChI is InChI=1S/C24H17N3O4/c28-21(26-18-11-5-7-13-20(18)30-16-8-2-1-3-9-16)14-27-15-25-22-17-10-4-6-12-19(17)31-23(22)24(27)29/h1-13,15H,14H2,(H,26,28). The van der Waals surface area contributed by atoms with Crippen molar-refractivity contribution in [2.75, 3.05) is 5.32 Å². The molecule has 31 heavy (non-hydrogen) atoms. The van der Waals surface area contributed by atoms with Crippen LogP contribution in [0.1, 0.15) is 0 Å². The fourth-order valence-electron chi connectivity index (χ4n) is 3.35. The van der Waals surface area contributed by atoms with Crippen LogP contribution in [0.4, 0.5) is 5.69 Å². The minimum Gasteiger partial charge on any atom is -0.455 e. The zero-order valence-electron chi connectivity index (χ0n) is 16.3. The van der Waals surface area contributed by atoms with Crippen LogP contribution in [0.3, 0.4) is 0 Å². The number of amides is 1. The van der Waals surface area contributed by atoms with Crippen LogP contribution in [-0.2, 0) is 11.3 Å². The molecule has 2 heterocycles. The van der Waals surface area contributed by atoms with Crippen molar-refractivity contribution in [1.29, 1.82) is 0 Å². The summed E-state index contributed by atoms with van der Waals surface area (Å²) in [6.07, 6.45) is 1.36. The van der Waals surface area contributed by atoms with Crippen LogP contribution in [0.2, 0.25) is 0 Å². The predicted molar refractivity (Wildman–Crippen MR) is 117 cm³/mol. The maximum atomic E-state index is 12.8. The van der Waals surface area contributed by atoms with E-state index in [0.717, 1.165) is 5.39 Å².